The van der Waals surface area contributed by atoms with Gasteiger partial charge in [-0.3, -0.25) is 4.99 Å². The van der Waals surface area contributed by atoms with E-state index in [-0.39, 0.29) is 11.7 Å². The molecule has 0 spiro atoms. The van der Waals surface area contributed by atoms with Crippen LogP contribution >= 0.6 is 11.6 Å². The molecule has 2 rings (SSSR count). The van der Waals surface area contributed by atoms with Crippen LogP contribution in [0.1, 0.15) is 31.4 Å². The lowest BCUT2D eigenvalue weighted by atomic mass is 10.00. The number of aliphatic carboxylic acids is 1. The Bertz CT molecular complexity index is 937. The molecule has 2 aromatic carbocycles. The van der Waals surface area contributed by atoms with Crippen LogP contribution < -0.4 is 9.47 Å². The van der Waals surface area contributed by atoms with Gasteiger partial charge in [0.05, 0.1) is 7.11 Å². The minimum Gasteiger partial charge on any atom is -0.493 e. The fraction of sp³-hybridized carbons (Fsp3) is 0.261. The van der Waals surface area contributed by atoms with Crippen molar-refractivity contribution in [1.82, 2.24) is 0 Å². The van der Waals surface area contributed by atoms with Crippen molar-refractivity contribution in [2.24, 2.45) is 10.9 Å². The van der Waals surface area contributed by atoms with E-state index >= 15 is 0 Å². The highest BCUT2D eigenvalue weighted by molar-refractivity contribution is 6.30. The number of aliphatic imine (C=N–C) groups is 1. The second-order valence-corrected chi connectivity index (χ2v) is 7.10. The van der Waals surface area contributed by atoms with Crippen LogP contribution in [-0.2, 0) is 9.59 Å². The standard InChI is InChI=1S/C23H24ClNO5/c1-4-15(2)22(23(27)28)25-14-17-7-11-19(20(13-17)29-3)30-21(26)12-8-16-5-9-18(24)10-6-16/h5-15,22H,4H2,1-3H3,(H,27,28)/b12-8+,25-14+. The number of nitrogens with zero attached hydrogens (tertiary/aromatic N) is 1. The topological polar surface area (TPSA) is 85.2 Å². The van der Waals surface area contributed by atoms with Crippen molar-refractivity contribution in [2.45, 2.75) is 26.3 Å². The average molecular weight is 430 g/mol. The van der Waals surface area contributed by atoms with Crippen LogP contribution in [0.4, 0.5) is 0 Å². The van der Waals surface area contributed by atoms with E-state index in [2.05, 4.69) is 4.99 Å². The third-order valence-corrected chi connectivity index (χ3v) is 4.75. The first-order valence-corrected chi connectivity index (χ1v) is 9.81. The van der Waals surface area contributed by atoms with Gasteiger partial charge in [0.25, 0.3) is 0 Å². The summed E-state index contributed by atoms with van der Waals surface area (Å²) in [6.07, 6.45) is 5.12. The molecule has 0 heterocycles. The molecule has 1 N–H and O–H groups in total. The van der Waals surface area contributed by atoms with Crippen LogP contribution in [0, 0.1) is 5.92 Å². The van der Waals surface area contributed by atoms with E-state index in [0.29, 0.717) is 22.8 Å². The predicted molar refractivity (Wildman–Crippen MR) is 118 cm³/mol. The Labute approximate surface area is 180 Å². The highest BCUT2D eigenvalue weighted by atomic mass is 35.5. The number of hydrogen-bond donors (Lipinski definition) is 1. The summed E-state index contributed by atoms with van der Waals surface area (Å²) in [5.41, 5.74) is 1.45. The van der Waals surface area contributed by atoms with Crippen molar-refractivity contribution in [3.63, 3.8) is 0 Å². The highest BCUT2D eigenvalue weighted by Gasteiger charge is 2.21. The summed E-state index contributed by atoms with van der Waals surface area (Å²) in [5, 5.41) is 9.95. The molecule has 0 bridgehead atoms. The maximum atomic E-state index is 12.1. The third-order valence-electron chi connectivity index (χ3n) is 4.50. The van der Waals surface area contributed by atoms with Crippen LogP contribution in [-0.4, -0.2) is 36.4 Å². The predicted octanol–water partition coefficient (Wildman–Crippen LogP) is 4.89. The van der Waals surface area contributed by atoms with E-state index in [9.17, 15) is 14.7 Å². The minimum atomic E-state index is -0.967. The van der Waals surface area contributed by atoms with Gasteiger partial charge in [-0.15, -0.1) is 0 Å². The Kier molecular flexibility index (Phi) is 8.62. The van der Waals surface area contributed by atoms with E-state index in [4.69, 9.17) is 21.1 Å². The number of benzene rings is 2. The van der Waals surface area contributed by atoms with Crippen molar-refractivity contribution < 1.29 is 24.2 Å². The molecular formula is C23H24ClNO5. The first-order valence-electron chi connectivity index (χ1n) is 9.43. The molecule has 0 fully saturated rings. The van der Waals surface area contributed by atoms with Crippen LogP contribution in [0.3, 0.4) is 0 Å². The van der Waals surface area contributed by atoms with E-state index in [1.807, 2.05) is 13.8 Å². The number of methoxy groups -OCH3 is 1. The van der Waals surface area contributed by atoms with Gasteiger partial charge in [0.2, 0.25) is 0 Å². The number of esters is 1. The fourth-order valence-electron chi connectivity index (χ4n) is 2.57. The Morgan fingerprint density at radius 2 is 1.80 bits per heavy atom. The van der Waals surface area contributed by atoms with Gasteiger partial charge in [0, 0.05) is 17.3 Å². The lowest BCUT2D eigenvalue weighted by Gasteiger charge is -2.14. The zero-order valence-corrected chi connectivity index (χ0v) is 17.8. The molecule has 0 aliphatic carbocycles. The van der Waals surface area contributed by atoms with Crippen LogP contribution in [0.2, 0.25) is 5.02 Å². The quantitative estimate of drug-likeness (QED) is 0.265. The molecule has 0 saturated heterocycles. The van der Waals surface area contributed by atoms with Gasteiger partial charge in [0.1, 0.15) is 6.04 Å². The van der Waals surface area contributed by atoms with Crippen molar-refractivity contribution in [2.75, 3.05) is 7.11 Å². The highest BCUT2D eigenvalue weighted by Crippen LogP contribution is 2.28. The Hall–Kier alpha value is -3.12. The average Bonchev–Trinajstić information content (AvgIpc) is 2.73. The number of ether oxygens (including phenoxy) is 2. The summed E-state index contributed by atoms with van der Waals surface area (Å²) in [7, 11) is 1.45. The van der Waals surface area contributed by atoms with Gasteiger partial charge in [0.15, 0.2) is 11.5 Å². The molecule has 0 aromatic heterocycles. The molecule has 2 unspecified atom stereocenters. The van der Waals surface area contributed by atoms with E-state index in [1.165, 1.54) is 19.4 Å². The maximum Gasteiger partial charge on any atom is 0.336 e. The summed E-state index contributed by atoms with van der Waals surface area (Å²) in [5.74, 6) is -1.04. The summed E-state index contributed by atoms with van der Waals surface area (Å²) in [6.45, 7) is 3.76. The molecular weight excluding hydrogens is 406 g/mol. The molecule has 30 heavy (non-hydrogen) atoms. The second kappa shape index (κ2) is 11.2. The molecule has 0 radical (unpaired) electrons. The molecule has 0 aliphatic heterocycles. The van der Waals surface area contributed by atoms with Gasteiger partial charge in [-0.05, 0) is 53.5 Å². The number of rotatable bonds is 9. The Morgan fingerprint density at radius 1 is 1.13 bits per heavy atom. The van der Waals surface area contributed by atoms with Gasteiger partial charge < -0.3 is 14.6 Å². The molecule has 0 aliphatic rings. The number of carbonyl (C=O) groups excluding carboxylic acids is 1. The number of carboxylic acid groups (broad SMARTS) is 1. The maximum absolute atomic E-state index is 12.1. The molecule has 0 amide bonds. The lowest BCUT2D eigenvalue weighted by Crippen LogP contribution is -2.25. The first kappa shape index (κ1) is 23.2. The van der Waals surface area contributed by atoms with Crippen molar-refractivity contribution >= 4 is 35.8 Å². The monoisotopic (exact) mass is 429 g/mol. The molecule has 6 nitrogen and oxygen atoms in total. The second-order valence-electron chi connectivity index (χ2n) is 6.66. The smallest absolute Gasteiger partial charge is 0.336 e. The van der Waals surface area contributed by atoms with Crippen LogP contribution in [0.5, 0.6) is 11.5 Å². The molecule has 158 valence electrons. The Morgan fingerprint density at radius 3 is 2.40 bits per heavy atom. The number of halogens is 1. The molecule has 7 heteroatoms. The zero-order valence-electron chi connectivity index (χ0n) is 17.0. The third kappa shape index (κ3) is 6.74. The number of hydrogen-bond acceptors (Lipinski definition) is 5. The van der Waals surface area contributed by atoms with Gasteiger partial charge >= 0.3 is 11.9 Å². The number of carbonyl (C=O) groups is 2. The Balaban J connectivity index is 2.11. The SMILES string of the molecule is CCC(C)C(/N=C/c1ccc(OC(=O)/C=C/c2ccc(Cl)cc2)c(OC)c1)C(=O)O. The van der Waals surface area contributed by atoms with E-state index < -0.39 is 18.0 Å². The lowest BCUT2D eigenvalue weighted by molar-refractivity contribution is -0.139. The summed E-state index contributed by atoms with van der Waals surface area (Å²) in [4.78, 5) is 27.7. The van der Waals surface area contributed by atoms with E-state index in [1.54, 1.807) is 48.5 Å². The first-order chi connectivity index (χ1) is 14.3. The molecule has 2 atom stereocenters. The molecule has 2 aromatic rings. The van der Waals surface area contributed by atoms with Crippen molar-refractivity contribution in [3.05, 3.63) is 64.7 Å². The van der Waals surface area contributed by atoms with E-state index in [0.717, 1.165) is 5.56 Å². The normalized spacial score (nSPS) is 13.3. The van der Waals surface area contributed by atoms with Gasteiger partial charge in [-0.1, -0.05) is 44.0 Å². The van der Waals surface area contributed by atoms with Crippen molar-refractivity contribution in [1.29, 1.82) is 0 Å². The van der Waals surface area contributed by atoms with Gasteiger partial charge in [-0.25, -0.2) is 9.59 Å². The minimum absolute atomic E-state index is 0.0895. The summed E-state index contributed by atoms with van der Waals surface area (Å²) in [6, 6.07) is 11.1. The fourth-order valence-corrected chi connectivity index (χ4v) is 2.70. The zero-order chi connectivity index (χ0) is 22.1. The largest absolute Gasteiger partial charge is 0.493 e. The van der Waals surface area contributed by atoms with Crippen molar-refractivity contribution in [3.8, 4) is 11.5 Å². The number of carboxylic acids is 1. The van der Waals surface area contributed by atoms with Crippen LogP contribution in [0.25, 0.3) is 6.08 Å². The summed E-state index contributed by atoms with van der Waals surface area (Å²) >= 11 is 5.84. The van der Waals surface area contributed by atoms with Crippen LogP contribution in [0.15, 0.2) is 53.5 Å². The van der Waals surface area contributed by atoms with Gasteiger partial charge in [-0.2, -0.15) is 0 Å². The summed E-state index contributed by atoms with van der Waals surface area (Å²) < 4.78 is 10.6. The molecule has 0 saturated carbocycles.